The molecule has 0 heterocycles. The molecule has 0 N–H and O–H groups in total. The maximum Gasteiger partial charge on any atom is -0.0184 e. The maximum atomic E-state index is 3.08. The fourth-order valence-electron chi connectivity index (χ4n) is 2.53. The van der Waals surface area contributed by atoms with Crippen LogP contribution in [-0.4, -0.2) is 0 Å². The molecule has 93 valence electrons. The Balaban J connectivity index is 2.17. The van der Waals surface area contributed by atoms with Crippen LogP contribution in [0, 0.1) is 6.07 Å². The molecule has 0 spiro atoms. The molecule has 0 bridgehead atoms. The number of hydrogen-bond acceptors (Lipinski definition) is 0. The molecule has 0 aromatic heterocycles. The number of aryl methyl sites for hydroxylation is 3. The highest BCUT2D eigenvalue weighted by molar-refractivity contribution is 5.36. The average Bonchev–Trinajstić information content (AvgIpc) is 2.45. The van der Waals surface area contributed by atoms with Crippen LogP contribution in [0.25, 0.3) is 0 Å². The molecule has 0 unspecified atom stereocenters. The van der Waals surface area contributed by atoms with Crippen LogP contribution in [0.1, 0.15) is 36.1 Å². The lowest BCUT2D eigenvalue weighted by Crippen LogP contribution is -2.01. The summed E-state index contributed by atoms with van der Waals surface area (Å²) in [5, 5.41) is 0. The lowest BCUT2D eigenvalue weighted by atomic mass is 9.93. The third-order valence-corrected chi connectivity index (χ3v) is 3.58. The van der Waals surface area contributed by atoms with E-state index in [0.717, 1.165) is 25.7 Å². The van der Waals surface area contributed by atoms with Crippen LogP contribution in [-0.2, 0) is 25.7 Å². The highest BCUT2D eigenvalue weighted by Gasteiger charge is 2.06. The van der Waals surface area contributed by atoms with Crippen LogP contribution < -0.4 is 0 Å². The minimum atomic E-state index is 1.12. The van der Waals surface area contributed by atoms with E-state index < -0.39 is 0 Å². The summed E-state index contributed by atoms with van der Waals surface area (Å²) < 4.78 is 0. The quantitative estimate of drug-likeness (QED) is 0.723. The van der Waals surface area contributed by atoms with Gasteiger partial charge in [0.15, 0.2) is 0 Å². The first-order valence-corrected chi connectivity index (χ1v) is 6.89. The van der Waals surface area contributed by atoms with Gasteiger partial charge in [0.1, 0.15) is 0 Å². The Kier molecular flexibility index (Phi) is 4.58. The minimum absolute atomic E-state index is 1.12. The summed E-state index contributed by atoms with van der Waals surface area (Å²) in [6.45, 7) is 4.49. The van der Waals surface area contributed by atoms with Gasteiger partial charge in [-0.05, 0) is 54.0 Å². The van der Waals surface area contributed by atoms with E-state index in [2.05, 4.69) is 50.2 Å². The van der Waals surface area contributed by atoms with Gasteiger partial charge in [-0.3, -0.25) is 0 Å². The molecule has 0 fully saturated rings. The van der Waals surface area contributed by atoms with Gasteiger partial charge in [-0.15, -0.1) is 0 Å². The molecule has 2 aromatic rings. The summed E-state index contributed by atoms with van der Waals surface area (Å²) >= 11 is 0. The highest BCUT2D eigenvalue weighted by atomic mass is 14.1. The molecule has 0 atom stereocenters. The Labute approximate surface area is 111 Å². The summed E-state index contributed by atoms with van der Waals surface area (Å²) in [6, 6.07) is 18.1. The van der Waals surface area contributed by atoms with Crippen molar-refractivity contribution in [3.63, 3.8) is 0 Å². The third-order valence-electron chi connectivity index (χ3n) is 3.58. The summed E-state index contributed by atoms with van der Waals surface area (Å²) in [6.07, 6.45) is 4.54. The van der Waals surface area contributed by atoms with Gasteiger partial charge < -0.3 is 0 Å². The second-order valence-corrected chi connectivity index (χ2v) is 4.67. The van der Waals surface area contributed by atoms with Gasteiger partial charge in [0.05, 0.1) is 0 Å². The van der Waals surface area contributed by atoms with Crippen molar-refractivity contribution >= 4 is 0 Å². The van der Waals surface area contributed by atoms with E-state index in [1.165, 1.54) is 16.7 Å². The smallest absolute Gasteiger partial charge is 0.0184 e. The van der Waals surface area contributed by atoms with E-state index in [-0.39, 0.29) is 0 Å². The normalized spacial score (nSPS) is 10.6. The van der Waals surface area contributed by atoms with E-state index in [1.807, 2.05) is 12.1 Å². The van der Waals surface area contributed by atoms with Gasteiger partial charge >= 0.3 is 0 Å². The Morgan fingerprint density at radius 3 is 2.00 bits per heavy atom. The first-order valence-electron chi connectivity index (χ1n) is 6.89. The Morgan fingerprint density at radius 1 is 0.833 bits per heavy atom. The molecule has 1 radical (unpaired) electrons. The molecule has 0 saturated heterocycles. The molecule has 2 rings (SSSR count). The van der Waals surface area contributed by atoms with Gasteiger partial charge in [-0.25, -0.2) is 0 Å². The van der Waals surface area contributed by atoms with Crippen molar-refractivity contribution in [1.29, 1.82) is 0 Å². The topological polar surface area (TPSA) is 0 Å². The Morgan fingerprint density at radius 2 is 1.44 bits per heavy atom. The van der Waals surface area contributed by atoms with Gasteiger partial charge in [0.2, 0.25) is 0 Å². The van der Waals surface area contributed by atoms with Crippen LogP contribution in [0.3, 0.4) is 0 Å². The number of rotatable bonds is 5. The predicted molar refractivity (Wildman–Crippen MR) is 77.9 cm³/mol. The summed E-state index contributed by atoms with van der Waals surface area (Å²) in [4.78, 5) is 0. The van der Waals surface area contributed by atoms with Crippen molar-refractivity contribution in [2.75, 3.05) is 0 Å². The fraction of sp³-hybridized carbons (Fsp3) is 0.333. The zero-order valence-corrected chi connectivity index (χ0v) is 11.4. The van der Waals surface area contributed by atoms with E-state index in [9.17, 15) is 0 Å². The Bertz CT molecular complexity index is 460. The molecule has 0 aliphatic carbocycles. The van der Waals surface area contributed by atoms with Crippen LogP contribution in [0.5, 0.6) is 0 Å². The number of benzene rings is 2. The lowest BCUT2D eigenvalue weighted by Gasteiger charge is -2.13. The Hall–Kier alpha value is -1.56. The molecule has 0 heteroatoms. The van der Waals surface area contributed by atoms with Crippen LogP contribution >= 0.6 is 0 Å². The van der Waals surface area contributed by atoms with Crippen molar-refractivity contribution in [2.24, 2.45) is 0 Å². The van der Waals surface area contributed by atoms with E-state index in [0.29, 0.717) is 0 Å². The summed E-state index contributed by atoms with van der Waals surface area (Å²) in [5.74, 6) is 0. The molecule has 0 saturated carbocycles. The molecule has 0 nitrogen and oxygen atoms in total. The van der Waals surface area contributed by atoms with Crippen molar-refractivity contribution in [3.05, 3.63) is 70.8 Å². The van der Waals surface area contributed by atoms with Crippen LogP contribution in [0.15, 0.2) is 42.5 Å². The van der Waals surface area contributed by atoms with E-state index in [4.69, 9.17) is 0 Å². The first-order chi connectivity index (χ1) is 8.85. The molecule has 0 aliphatic heterocycles. The lowest BCUT2D eigenvalue weighted by molar-refractivity contribution is 0.902. The van der Waals surface area contributed by atoms with Gasteiger partial charge in [-0.1, -0.05) is 56.3 Å². The van der Waals surface area contributed by atoms with Crippen LogP contribution in [0.2, 0.25) is 0 Å². The predicted octanol–water partition coefficient (Wildman–Crippen LogP) is 4.40. The molecule has 0 aliphatic rings. The molecule has 2 aromatic carbocycles. The second-order valence-electron chi connectivity index (χ2n) is 4.67. The van der Waals surface area contributed by atoms with Crippen LogP contribution in [0.4, 0.5) is 0 Å². The highest BCUT2D eigenvalue weighted by Crippen LogP contribution is 2.19. The van der Waals surface area contributed by atoms with Gasteiger partial charge in [0.25, 0.3) is 0 Å². The van der Waals surface area contributed by atoms with Crippen molar-refractivity contribution in [3.8, 4) is 0 Å². The molecular weight excluding hydrogens is 216 g/mol. The van der Waals surface area contributed by atoms with Gasteiger partial charge in [0, 0.05) is 0 Å². The minimum Gasteiger partial charge on any atom is -0.0617 e. The monoisotopic (exact) mass is 237 g/mol. The standard InChI is InChI=1S/C18H21/c1-3-16-11-8-12-17(4-2)18(16)14-13-15-9-6-5-7-10-15/h6-12H,3-4,13-14H2,1-2H3. The molecular formula is C18H21. The first kappa shape index (κ1) is 12.9. The SMILES string of the molecule is CCc1cccc(CC)c1CCc1cc[c]cc1. The average molecular weight is 237 g/mol. The van der Waals surface area contributed by atoms with E-state index in [1.54, 1.807) is 5.56 Å². The largest absolute Gasteiger partial charge is 0.0617 e. The molecule has 0 amide bonds. The molecule has 18 heavy (non-hydrogen) atoms. The summed E-state index contributed by atoms with van der Waals surface area (Å²) in [5.41, 5.74) is 5.99. The van der Waals surface area contributed by atoms with Crippen molar-refractivity contribution < 1.29 is 0 Å². The van der Waals surface area contributed by atoms with Crippen molar-refractivity contribution in [1.82, 2.24) is 0 Å². The second kappa shape index (κ2) is 6.39. The number of hydrogen-bond donors (Lipinski definition) is 0. The zero-order valence-electron chi connectivity index (χ0n) is 11.4. The van der Waals surface area contributed by atoms with Gasteiger partial charge in [-0.2, -0.15) is 0 Å². The third kappa shape index (κ3) is 3.01. The van der Waals surface area contributed by atoms with Crippen molar-refractivity contribution in [2.45, 2.75) is 39.5 Å². The fourth-order valence-corrected chi connectivity index (χ4v) is 2.53. The van der Waals surface area contributed by atoms with E-state index >= 15 is 0 Å². The summed E-state index contributed by atoms with van der Waals surface area (Å²) in [7, 11) is 0. The maximum absolute atomic E-state index is 3.08. The zero-order chi connectivity index (χ0) is 12.8.